The lowest BCUT2D eigenvalue weighted by Crippen LogP contribution is -2.15. The summed E-state index contributed by atoms with van der Waals surface area (Å²) in [6.45, 7) is 6.45. The van der Waals surface area contributed by atoms with Crippen molar-refractivity contribution in [3.63, 3.8) is 0 Å². The summed E-state index contributed by atoms with van der Waals surface area (Å²) < 4.78 is 0. The van der Waals surface area contributed by atoms with Crippen LogP contribution < -0.4 is 0 Å². The molecule has 0 amide bonds. The molecule has 0 bridgehead atoms. The molecule has 0 rings (SSSR count). The van der Waals surface area contributed by atoms with Crippen LogP contribution in [0.25, 0.3) is 0 Å². The molecule has 1 unspecified atom stereocenters. The SMILES string of the molecule is CCCCCCCCCCCC(=O)CC(C)C(=O)CCCCCCCCCCC. The van der Waals surface area contributed by atoms with Gasteiger partial charge in [-0.05, 0) is 12.8 Å². The molecule has 0 spiro atoms. The van der Waals surface area contributed by atoms with Gasteiger partial charge in [0.1, 0.15) is 11.6 Å². The third-order valence-electron chi connectivity index (χ3n) is 6.17. The van der Waals surface area contributed by atoms with E-state index in [9.17, 15) is 9.59 Å². The van der Waals surface area contributed by atoms with E-state index in [1.165, 1.54) is 103 Å². The standard InChI is InChI=1S/C27H52O2/c1-4-6-8-10-12-14-16-18-20-22-26(28)24-25(3)27(29)23-21-19-17-15-13-11-9-7-5-2/h25H,4-24H2,1-3H3. The molecule has 0 aliphatic rings. The third kappa shape index (κ3) is 20.4. The normalized spacial score (nSPS) is 12.2. The van der Waals surface area contributed by atoms with Gasteiger partial charge in [0, 0.05) is 25.2 Å². The maximum absolute atomic E-state index is 12.3. The minimum absolute atomic E-state index is 0.0740. The highest BCUT2D eigenvalue weighted by Crippen LogP contribution is 2.16. The van der Waals surface area contributed by atoms with Crippen LogP contribution in [0.5, 0.6) is 0 Å². The van der Waals surface area contributed by atoms with Crippen LogP contribution in [0.15, 0.2) is 0 Å². The molecule has 0 aromatic rings. The van der Waals surface area contributed by atoms with Crippen molar-refractivity contribution in [2.45, 2.75) is 156 Å². The maximum Gasteiger partial charge on any atom is 0.136 e. The molecule has 0 fully saturated rings. The van der Waals surface area contributed by atoms with E-state index in [2.05, 4.69) is 13.8 Å². The minimum Gasteiger partial charge on any atom is -0.300 e. The van der Waals surface area contributed by atoms with Crippen LogP contribution in [0.3, 0.4) is 0 Å². The van der Waals surface area contributed by atoms with E-state index in [1.807, 2.05) is 6.92 Å². The van der Waals surface area contributed by atoms with E-state index in [4.69, 9.17) is 0 Å². The quantitative estimate of drug-likeness (QED) is 0.158. The Hall–Kier alpha value is -0.660. The first-order valence-electron chi connectivity index (χ1n) is 13.2. The summed E-state index contributed by atoms with van der Waals surface area (Å²) in [4.78, 5) is 24.4. The number of hydrogen-bond acceptors (Lipinski definition) is 2. The predicted octanol–water partition coefficient (Wildman–Crippen LogP) is 8.99. The van der Waals surface area contributed by atoms with Gasteiger partial charge in [-0.25, -0.2) is 0 Å². The Bertz CT molecular complexity index is 375. The second-order valence-corrected chi connectivity index (χ2v) is 9.27. The zero-order valence-corrected chi connectivity index (χ0v) is 20.2. The van der Waals surface area contributed by atoms with Crippen LogP contribution in [-0.4, -0.2) is 11.6 Å². The molecular formula is C27H52O2. The van der Waals surface area contributed by atoms with Gasteiger partial charge < -0.3 is 0 Å². The Morgan fingerprint density at radius 3 is 1.28 bits per heavy atom. The largest absolute Gasteiger partial charge is 0.300 e. The van der Waals surface area contributed by atoms with Gasteiger partial charge >= 0.3 is 0 Å². The molecule has 0 aliphatic heterocycles. The number of rotatable bonds is 23. The Balaban J connectivity index is 3.50. The molecule has 0 saturated carbocycles. The van der Waals surface area contributed by atoms with Crippen LogP contribution in [0.2, 0.25) is 0 Å². The topological polar surface area (TPSA) is 34.1 Å². The molecule has 29 heavy (non-hydrogen) atoms. The third-order valence-corrected chi connectivity index (χ3v) is 6.17. The molecule has 0 heterocycles. The monoisotopic (exact) mass is 408 g/mol. The van der Waals surface area contributed by atoms with E-state index in [-0.39, 0.29) is 5.92 Å². The van der Waals surface area contributed by atoms with Gasteiger partial charge in [0.25, 0.3) is 0 Å². The summed E-state index contributed by atoms with van der Waals surface area (Å²) in [6, 6.07) is 0. The van der Waals surface area contributed by atoms with Crippen LogP contribution in [-0.2, 0) is 9.59 Å². The van der Waals surface area contributed by atoms with Crippen molar-refractivity contribution in [2.75, 3.05) is 0 Å². The number of Topliss-reactive ketones (excluding diaryl/α,β-unsaturated/α-hetero) is 2. The second kappa shape index (κ2) is 22.0. The highest BCUT2D eigenvalue weighted by Gasteiger charge is 2.16. The summed E-state index contributed by atoms with van der Waals surface area (Å²) in [5, 5.41) is 0. The molecule has 2 heteroatoms. The first-order valence-corrected chi connectivity index (χ1v) is 13.2. The molecule has 0 aromatic carbocycles. The van der Waals surface area contributed by atoms with Gasteiger partial charge in [-0.1, -0.05) is 124 Å². The molecule has 0 radical (unpaired) electrons. The van der Waals surface area contributed by atoms with Crippen molar-refractivity contribution in [3.8, 4) is 0 Å². The lowest BCUT2D eigenvalue weighted by atomic mass is 9.93. The number of carbonyl (C=O) groups excluding carboxylic acids is 2. The van der Waals surface area contributed by atoms with E-state index in [0.717, 1.165) is 12.8 Å². The Labute approximate surface area is 183 Å². The number of hydrogen-bond donors (Lipinski definition) is 0. The van der Waals surface area contributed by atoms with Crippen LogP contribution in [0, 0.1) is 5.92 Å². The van der Waals surface area contributed by atoms with Gasteiger partial charge in [-0.2, -0.15) is 0 Å². The Morgan fingerprint density at radius 1 is 0.517 bits per heavy atom. The fourth-order valence-electron chi connectivity index (χ4n) is 4.05. The Morgan fingerprint density at radius 2 is 0.862 bits per heavy atom. The zero-order valence-electron chi connectivity index (χ0n) is 20.2. The summed E-state index contributed by atoms with van der Waals surface area (Å²) in [5.41, 5.74) is 0. The minimum atomic E-state index is -0.0740. The van der Waals surface area contributed by atoms with E-state index in [1.54, 1.807) is 0 Å². The van der Waals surface area contributed by atoms with Gasteiger partial charge in [-0.15, -0.1) is 0 Å². The van der Waals surface area contributed by atoms with Crippen molar-refractivity contribution in [2.24, 2.45) is 5.92 Å². The molecular weight excluding hydrogens is 356 g/mol. The molecule has 0 saturated heterocycles. The second-order valence-electron chi connectivity index (χ2n) is 9.27. The van der Waals surface area contributed by atoms with E-state index < -0.39 is 0 Å². The lowest BCUT2D eigenvalue weighted by Gasteiger charge is -2.10. The number of unbranched alkanes of at least 4 members (excludes halogenated alkanes) is 16. The van der Waals surface area contributed by atoms with Gasteiger partial charge in [-0.3, -0.25) is 9.59 Å². The van der Waals surface area contributed by atoms with E-state index in [0.29, 0.717) is 30.8 Å². The van der Waals surface area contributed by atoms with Gasteiger partial charge in [0.15, 0.2) is 0 Å². The average Bonchev–Trinajstić information content (AvgIpc) is 2.71. The smallest absolute Gasteiger partial charge is 0.136 e. The first-order chi connectivity index (χ1) is 14.1. The van der Waals surface area contributed by atoms with E-state index >= 15 is 0 Å². The maximum atomic E-state index is 12.3. The molecule has 2 nitrogen and oxygen atoms in total. The van der Waals surface area contributed by atoms with Gasteiger partial charge in [0.2, 0.25) is 0 Å². The van der Waals surface area contributed by atoms with Crippen molar-refractivity contribution in [3.05, 3.63) is 0 Å². The first kappa shape index (κ1) is 28.3. The molecule has 172 valence electrons. The zero-order chi connectivity index (χ0) is 21.6. The molecule has 1 atom stereocenters. The fraction of sp³-hybridized carbons (Fsp3) is 0.926. The van der Waals surface area contributed by atoms with Crippen LogP contribution >= 0.6 is 0 Å². The highest BCUT2D eigenvalue weighted by atomic mass is 16.1. The van der Waals surface area contributed by atoms with Crippen molar-refractivity contribution >= 4 is 11.6 Å². The molecule has 0 N–H and O–H groups in total. The number of ketones is 2. The van der Waals surface area contributed by atoms with Crippen LogP contribution in [0.4, 0.5) is 0 Å². The van der Waals surface area contributed by atoms with Crippen molar-refractivity contribution < 1.29 is 9.59 Å². The summed E-state index contributed by atoms with van der Waals surface area (Å²) in [6.07, 6.45) is 24.8. The predicted molar refractivity (Wildman–Crippen MR) is 127 cm³/mol. The summed E-state index contributed by atoms with van der Waals surface area (Å²) in [5.74, 6) is 0.518. The highest BCUT2D eigenvalue weighted by molar-refractivity contribution is 5.87. The summed E-state index contributed by atoms with van der Waals surface area (Å²) >= 11 is 0. The molecule has 0 aromatic heterocycles. The fourth-order valence-corrected chi connectivity index (χ4v) is 4.05. The van der Waals surface area contributed by atoms with Gasteiger partial charge in [0.05, 0.1) is 0 Å². The average molecular weight is 409 g/mol. The van der Waals surface area contributed by atoms with Crippen LogP contribution in [0.1, 0.15) is 156 Å². The van der Waals surface area contributed by atoms with Crippen molar-refractivity contribution in [1.82, 2.24) is 0 Å². The summed E-state index contributed by atoms with van der Waals surface area (Å²) in [7, 11) is 0. The van der Waals surface area contributed by atoms with Crippen molar-refractivity contribution in [1.29, 1.82) is 0 Å². The Kier molecular flexibility index (Phi) is 21.5. The lowest BCUT2D eigenvalue weighted by molar-refractivity contribution is -0.127. The molecule has 0 aliphatic carbocycles. The number of carbonyl (C=O) groups is 2.